The average Bonchev–Trinajstić information content (AvgIpc) is 2.37. The normalized spacial score (nSPS) is 12.4. The van der Waals surface area contributed by atoms with Crippen molar-refractivity contribution in [3.8, 4) is 0 Å². The summed E-state index contributed by atoms with van der Waals surface area (Å²) in [5.74, 6) is -0.182. The van der Waals surface area contributed by atoms with Crippen LogP contribution in [0.3, 0.4) is 0 Å². The predicted molar refractivity (Wildman–Crippen MR) is 70.5 cm³/mol. The van der Waals surface area contributed by atoms with Gasteiger partial charge in [-0.25, -0.2) is 0 Å². The molecule has 0 aliphatic heterocycles. The van der Waals surface area contributed by atoms with Crippen molar-refractivity contribution in [3.05, 3.63) is 41.6 Å². The van der Waals surface area contributed by atoms with E-state index in [1.165, 1.54) is 0 Å². The molecule has 0 spiro atoms. The van der Waals surface area contributed by atoms with Gasteiger partial charge >= 0.3 is 0 Å². The number of amides is 1. The SMILES string of the molecule is Cc1cc(C(=O)N[C@@H](C)CO)c2ccccc2n1. The van der Waals surface area contributed by atoms with Crippen LogP contribution < -0.4 is 5.32 Å². The third-order valence-electron chi connectivity index (χ3n) is 2.74. The first kappa shape index (κ1) is 12.5. The standard InChI is InChI=1S/C14H16N2O2/c1-9-7-12(14(18)16-10(2)8-17)11-5-3-4-6-13(11)15-9/h3-7,10,17H,8H2,1-2H3,(H,16,18)/t10-/m0/s1. The Kier molecular flexibility index (Phi) is 3.58. The lowest BCUT2D eigenvalue weighted by atomic mass is 10.1. The maximum absolute atomic E-state index is 12.1. The van der Waals surface area contributed by atoms with Gasteiger partial charge in [-0.3, -0.25) is 9.78 Å². The van der Waals surface area contributed by atoms with Crippen molar-refractivity contribution >= 4 is 16.8 Å². The fraction of sp³-hybridized carbons (Fsp3) is 0.286. The van der Waals surface area contributed by atoms with E-state index in [0.29, 0.717) is 5.56 Å². The summed E-state index contributed by atoms with van der Waals surface area (Å²) < 4.78 is 0. The Morgan fingerprint density at radius 2 is 2.17 bits per heavy atom. The van der Waals surface area contributed by atoms with Crippen molar-refractivity contribution in [1.29, 1.82) is 0 Å². The number of aryl methyl sites for hydroxylation is 1. The molecule has 1 amide bonds. The summed E-state index contributed by atoms with van der Waals surface area (Å²) in [4.78, 5) is 16.5. The van der Waals surface area contributed by atoms with Gasteiger partial charge in [-0.05, 0) is 26.0 Å². The maximum atomic E-state index is 12.1. The number of hydrogen-bond donors (Lipinski definition) is 2. The minimum atomic E-state index is -0.260. The number of aromatic nitrogens is 1. The largest absolute Gasteiger partial charge is 0.394 e. The summed E-state index contributed by atoms with van der Waals surface area (Å²) in [6.07, 6.45) is 0. The number of fused-ring (bicyclic) bond motifs is 1. The number of nitrogens with one attached hydrogen (secondary N) is 1. The molecule has 4 heteroatoms. The van der Waals surface area contributed by atoms with Crippen LogP contribution in [0.25, 0.3) is 10.9 Å². The summed E-state index contributed by atoms with van der Waals surface area (Å²) in [6, 6.07) is 9.04. The van der Waals surface area contributed by atoms with Crippen LogP contribution in [0.2, 0.25) is 0 Å². The fourth-order valence-electron chi connectivity index (χ4n) is 1.84. The number of benzene rings is 1. The van der Waals surface area contributed by atoms with E-state index in [2.05, 4.69) is 10.3 Å². The molecule has 0 radical (unpaired) electrons. The molecule has 0 aliphatic carbocycles. The van der Waals surface area contributed by atoms with E-state index in [1.54, 1.807) is 13.0 Å². The quantitative estimate of drug-likeness (QED) is 0.863. The molecule has 2 aromatic rings. The van der Waals surface area contributed by atoms with E-state index < -0.39 is 0 Å². The molecular formula is C14H16N2O2. The Hall–Kier alpha value is -1.94. The van der Waals surface area contributed by atoms with Crippen molar-refractivity contribution in [1.82, 2.24) is 10.3 Å². The number of para-hydroxylation sites is 1. The summed E-state index contributed by atoms with van der Waals surface area (Å²) in [5.41, 5.74) is 2.20. The van der Waals surface area contributed by atoms with Crippen LogP contribution in [0.4, 0.5) is 0 Å². The average molecular weight is 244 g/mol. The molecule has 0 aliphatic rings. The molecule has 0 saturated heterocycles. The third kappa shape index (κ3) is 2.49. The minimum Gasteiger partial charge on any atom is -0.394 e. The first-order valence-corrected chi connectivity index (χ1v) is 5.90. The van der Waals surface area contributed by atoms with Gasteiger partial charge in [0.25, 0.3) is 5.91 Å². The second kappa shape index (κ2) is 5.14. The van der Waals surface area contributed by atoms with Crippen molar-refractivity contribution < 1.29 is 9.90 Å². The van der Waals surface area contributed by atoms with E-state index in [9.17, 15) is 4.79 Å². The molecule has 1 aromatic heterocycles. The molecule has 0 saturated carbocycles. The van der Waals surface area contributed by atoms with Crippen LogP contribution in [0, 0.1) is 6.92 Å². The van der Waals surface area contributed by atoms with E-state index in [1.807, 2.05) is 31.2 Å². The number of aliphatic hydroxyl groups excluding tert-OH is 1. The molecule has 1 heterocycles. The summed E-state index contributed by atoms with van der Waals surface area (Å²) in [7, 11) is 0. The predicted octanol–water partition coefficient (Wildman–Crippen LogP) is 1.65. The Morgan fingerprint density at radius 1 is 1.44 bits per heavy atom. The Labute approximate surface area is 106 Å². The van der Waals surface area contributed by atoms with Crippen molar-refractivity contribution in [2.45, 2.75) is 19.9 Å². The number of pyridine rings is 1. The molecule has 2 N–H and O–H groups in total. The molecule has 0 fully saturated rings. The summed E-state index contributed by atoms with van der Waals surface area (Å²) in [6.45, 7) is 3.54. The highest BCUT2D eigenvalue weighted by Gasteiger charge is 2.13. The van der Waals surface area contributed by atoms with Crippen LogP contribution in [-0.4, -0.2) is 28.6 Å². The van der Waals surface area contributed by atoms with Crippen LogP contribution in [-0.2, 0) is 0 Å². The van der Waals surface area contributed by atoms with Gasteiger partial charge in [0.15, 0.2) is 0 Å². The molecule has 0 unspecified atom stereocenters. The highest BCUT2D eigenvalue weighted by Crippen LogP contribution is 2.18. The van der Waals surface area contributed by atoms with Crippen LogP contribution in [0.15, 0.2) is 30.3 Å². The van der Waals surface area contributed by atoms with Crippen LogP contribution in [0.1, 0.15) is 23.0 Å². The highest BCUT2D eigenvalue weighted by molar-refractivity contribution is 6.06. The van der Waals surface area contributed by atoms with Gasteiger partial charge in [0.05, 0.1) is 17.7 Å². The highest BCUT2D eigenvalue weighted by atomic mass is 16.3. The van der Waals surface area contributed by atoms with Crippen LogP contribution >= 0.6 is 0 Å². The summed E-state index contributed by atoms with van der Waals surface area (Å²) in [5, 5.41) is 12.5. The number of carbonyl (C=O) groups excluding carboxylic acids is 1. The monoisotopic (exact) mass is 244 g/mol. The van der Waals surface area contributed by atoms with Crippen molar-refractivity contribution in [3.63, 3.8) is 0 Å². The molecule has 1 aromatic carbocycles. The second-order valence-electron chi connectivity index (χ2n) is 4.39. The van der Waals surface area contributed by atoms with Gasteiger partial charge in [0, 0.05) is 17.1 Å². The van der Waals surface area contributed by atoms with E-state index in [-0.39, 0.29) is 18.6 Å². The zero-order chi connectivity index (χ0) is 13.1. The zero-order valence-corrected chi connectivity index (χ0v) is 10.5. The molecule has 94 valence electrons. The number of nitrogens with zero attached hydrogens (tertiary/aromatic N) is 1. The Balaban J connectivity index is 2.46. The Morgan fingerprint density at radius 3 is 2.89 bits per heavy atom. The lowest BCUT2D eigenvalue weighted by molar-refractivity contribution is 0.0924. The van der Waals surface area contributed by atoms with Crippen molar-refractivity contribution in [2.24, 2.45) is 0 Å². The van der Waals surface area contributed by atoms with Gasteiger partial charge < -0.3 is 10.4 Å². The van der Waals surface area contributed by atoms with Gasteiger partial charge in [-0.2, -0.15) is 0 Å². The van der Waals surface area contributed by atoms with Crippen molar-refractivity contribution in [2.75, 3.05) is 6.61 Å². The Bertz CT molecular complexity index is 581. The maximum Gasteiger partial charge on any atom is 0.252 e. The van der Waals surface area contributed by atoms with Gasteiger partial charge in [-0.15, -0.1) is 0 Å². The first-order chi connectivity index (χ1) is 8.61. The third-order valence-corrected chi connectivity index (χ3v) is 2.74. The van der Waals surface area contributed by atoms with Gasteiger partial charge in [-0.1, -0.05) is 18.2 Å². The smallest absolute Gasteiger partial charge is 0.252 e. The molecular weight excluding hydrogens is 228 g/mol. The molecule has 0 bridgehead atoms. The number of aliphatic hydroxyl groups is 1. The topological polar surface area (TPSA) is 62.2 Å². The minimum absolute atomic E-state index is 0.0757. The number of carbonyl (C=O) groups is 1. The first-order valence-electron chi connectivity index (χ1n) is 5.90. The van der Waals surface area contributed by atoms with E-state index in [4.69, 9.17) is 5.11 Å². The van der Waals surface area contributed by atoms with Crippen LogP contribution in [0.5, 0.6) is 0 Å². The lowest BCUT2D eigenvalue weighted by Gasteiger charge is -2.12. The van der Waals surface area contributed by atoms with E-state index in [0.717, 1.165) is 16.6 Å². The van der Waals surface area contributed by atoms with Gasteiger partial charge in [0.1, 0.15) is 0 Å². The molecule has 1 atom stereocenters. The zero-order valence-electron chi connectivity index (χ0n) is 10.5. The summed E-state index contributed by atoms with van der Waals surface area (Å²) >= 11 is 0. The number of rotatable bonds is 3. The second-order valence-corrected chi connectivity index (χ2v) is 4.39. The lowest BCUT2D eigenvalue weighted by Crippen LogP contribution is -2.35. The fourth-order valence-corrected chi connectivity index (χ4v) is 1.84. The van der Waals surface area contributed by atoms with Gasteiger partial charge in [0.2, 0.25) is 0 Å². The van der Waals surface area contributed by atoms with E-state index >= 15 is 0 Å². The molecule has 18 heavy (non-hydrogen) atoms. The molecule has 2 rings (SSSR count). The molecule has 4 nitrogen and oxygen atoms in total. The number of hydrogen-bond acceptors (Lipinski definition) is 3.